The van der Waals surface area contributed by atoms with E-state index in [1.54, 1.807) is 18.2 Å². The molecule has 94 valence electrons. The second-order valence-electron chi connectivity index (χ2n) is 3.41. The Kier molecular flexibility index (Phi) is 4.52. The minimum absolute atomic E-state index is 0.307. The maximum atomic E-state index is 6.00. The van der Waals surface area contributed by atoms with Gasteiger partial charge in [0.05, 0.1) is 10.0 Å². The van der Waals surface area contributed by atoms with Gasteiger partial charge in [0.2, 0.25) is 0 Å². The molecule has 0 aromatic heterocycles. The molecule has 0 aliphatic carbocycles. The molecule has 0 amide bonds. The first-order chi connectivity index (χ1) is 8.45. The minimum atomic E-state index is 0.307. The van der Waals surface area contributed by atoms with Gasteiger partial charge in [-0.15, -0.1) is 0 Å². The zero-order chi connectivity index (χ0) is 13.3. The summed E-state index contributed by atoms with van der Waals surface area (Å²) in [6.07, 6.45) is 0. The molecule has 0 unspecified atom stereocenters. The third-order valence-electron chi connectivity index (χ3n) is 2.02. The summed E-state index contributed by atoms with van der Waals surface area (Å²) in [5.41, 5.74) is 0. The van der Waals surface area contributed by atoms with Gasteiger partial charge in [0, 0.05) is 15.1 Å². The summed E-state index contributed by atoms with van der Waals surface area (Å²) in [5.74, 6) is 0.750. The summed E-state index contributed by atoms with van der Waals surface area (Å²) in [6, 6.07) is 7.89. The normalized spacial score (nSPS) is 10.5. The molecule has 1 nitrogen and oxygen atoms in total. The highest BCUT2D eigenvalue weighted by Gasteiger charge is 2.11. The lowest BCUT2D eigenvalue weighted by Gasteiger charge is -2.10. The fourth-order valence-corrected chi connectivity index (χ4v) is 2.73. The van der Waals surface area contributed by atoms with Crippen molar-refractivity contribution >= 4 is 58.0 Å². The van der Waals surface area contributed by atoms with Gasteiger partial charge in [-0.1, -0.05) is 58.0 Å². The van der Waals surface area contributed by atoms with Crippen LogP contribution in [0.1, 0.15) is 0 Å². The zero-order valence-electron chi connectivity index (χ0n) is 8.68. The highest BCUT2D eigenvalue weighted by atomic mass is 35.5. The zero-order valence-corrected chi connectivity index (χ0v) is 12.5. The smallest absolute Gasteiger partial charge is 0.164 e. The fraction of sp³-hybridized carbons (Fsp3) is 0. The van der Waals surface area contributed by atoms with Crippen molar-refractivity contribution in [2.75, 3.05) is 0 Å². The fourth-order valence-electron chi connectivity index (χ4n) is 1.33. The van der Waals surface area contributed by atoms with Crippen molar-refractivity contribution in [3.63, 3.8) is 0 Å². The van der Waals surface area contributed by atoms with Crippen molar-refractivity contribution in [1.82, 2.24) is 0 Å². The highest BCUT2D eigenvalue weighted by Crippen LogP contribution is 2.39. The van der Waals surface area contributed by atoms with Crippen LogP contribution in [-0.2, 0) is 0 Å². The first-order valence-corrected chi connectivity index (χ1v) is 6.63. The molecule has 0 spiro atoms. The number of hydrogen-bond donors (Lipinski definition) is 0. The van der Waals surface area contributed by atoms with Crippen molar-refractivity contribution in [3.8, 4) is 11.5 Å². The van der Waals surface area contributed by atoms with Crippen molar-refractivity contribution in [2.24, 2.45) is 0 Å². The first-order valence-electron chi connectivity index (χ1n) is 4.74. The third kappa shape index (κ3) is 3.37. The van der Waals surface area contributed by atoms with Crippen LogP contribution in [0.15, 0.2) is 30.3 Å². The number of rotatable bonds is 2. The molecule has 0 aliphatic rings. The second-order valence-corrected chi connectivity index (χ2v) is 5.53. The van der Waals surface area contributed by atoms with Crippen LogP contribution in [0.2, 0.25) is 25.1 Å². The molecular weight excluding hydrogens is 337 g/mol. The van der Waals surface area contributed by atoms with Gasteiger partial charge < -0.3 is 4.74 Å². The van der Waals surface area contributed by atoms with Crippen LogP contribution in [-0.4, -0.2) is 0 Å². The van der Waals surface area contributed by atoms with E-state index in [1.165, 1.54) is 12.1 Å². The summed E-state index contributed by atoms with van der Waals surface area (Å²) >= 11 is 29.6. The average molecular weight is 342 g/mol. The van der Waals surface area contributed by atoms with Crippen LogP contribution in [0.4, 0.5) is 0 Å². The number of ether oxygens (including phenoxy) is 1. The number of hydrogen-bond acceptors (Lipinski definition) is 1. The van der Waals surface area contributed by atoms with Gasteiger partial charge in [-0.3, -0.25) is 0 Å². The highest BCUT2D eigenvalue weighted by molar-refractivity contribution is 6.40. The Morgan fingerprint density at radius 3 is 1.56 bits per heavy atom. The molecule has 0 fully saturated rings. The summed E-state index contributed by atoms with van der Waals surface area (Å²) in [7, 11) is 0. The predicted octanol–water partition coefficient (Wildman–Crippen LogP) is 6.75. The second kappa shape index (κ2) is 5.77. The monoisotopic (exact) mass is 340 g/mol. The van der Waals surface area contributed by atoms with Gasteiger partial charge in [-0.25, -0.2) is 0 Å². The standard InChI is InChI=1S/C12H5Cl5O/c13-6-1-7(14)3-9(2-6)18-12-10(16)4-8(15)5-11(12)17/h1-5H. The largest absolute Gasteiger partial charge is 0.454 e. The van der Waals surface area contributed by atoms with E-state index in [-0.39, 0.29) is 0 Å². The van der Waals surface area contributed by atoms with Crippen LogP contribution >= 0.6 is 58.0 Å². The molecule has 0 atom stereocenters. The van der Waals surface area contributed by atoms with E-state index in [1.807, 2.05) is 0 Å². The first kappa shape index (κ1) is 14.1. The molecule has 2 aromatic carbocycles. The van der Waals surface area contributed by atoms with Gasteiger partial charge in [0.25, 0.3) is 0 Å². The quantitative estimate of drug-likeness (QED) is 0.587. The lowest BCUT2D eigenvalue weighted by Crippen LogP contribution is -1.87. The van der Waals surface area contributed by atoms with Gasteiger partial charge >= 0.3 is 0 Å². The lowest BCUT2D eigenvalue weighted by molar-refractivity contribution is 0.483. The molecule has 2 rings (SSSR count). The van der Waals surface area contributed by atoms with E-state index in [9.17, 15) is 0 Å². The SMILES string of the molecule is Clc1cc(Cl)cc(Oc2c(Cl)cc(Cl)cc2Cl)c1. The molecular formula is C12H5Cl5O. The van der Waals surface area contributed by atoms with Gasteiger partial charge in [0.1, 0.15) is 5.75 Å². The molecule has 0 heterocycles. The van der Waals surface area contributed by atoms with E-state index in [0.717, 1.165) is 0 Å². The van der Waals surface area contributed by atoms with E-state index in [4.69, 9.17) is 62.7 Å². The van der Waals surface area contributed by atoms with E-state index in [0.29, 0.717) is 36.6 Å². The Morgan fingerprint density at radius 1 is 0.611 bits per heavy atom. The molecule has 0 N–H and O–H groups in total. The van der Waals surface area contributed by atoms with E-state index in [2.05, 4.69) is 0 Å². The Bertz CT molecular complexity index is 554. The van der Waals surface area contributed by atoms with Crippen LogP contribution in [0.5, 0.6) is 11.5 Å². The summed E-state index contributed by atoms with van der Waals surface area (Å²) in [4.78, 5) is 0. The average Bonchev–Trinajstić information content (AvgIpc) is 2.22. The van der Waals surface area contributed by atoms with Gasteiger partial charge in [0.15, 0.2) is 5.75 Å². The molecule has 6 heteroatoms. The maximum absolute atomic E-state index is 6.00. The van der Waals surface area contributed by atoms with Gasteiger partial charge in [-0.05, 0) is 30.3 Å². The van der Waals surface area contributed by atoms with Crippen LogP contribution in [0.3, 0.4) is 0 Å². The Morgan fingerprint density at radius 2 is 1.06 bits per heavy atom. The van der Waals surface area contributed by atoms with Crippen molar-refractivity contribution in [2.45, 2.75) is 0 Å². The topological polar surface area (TPSA) is 9.23 Å². The minimum Gasteiger partial charge on any atom is -0.454 e. The van der Waals surface area contributed by atoms with E-state index >= 15 is 0 Å². The number of benzene rings is 2. The molecule has 0 saturated carbocycles. The molecule has 0 bridgehead atoms. The van der Waals surface area contributed by atoms with Crippen molar-refractivity contribution < 1.29 is 4.74 Å². The lowest BCUT2D eigenvalue weighted by atomic mass is 10.3. The predicted molar refractivity (Wildman–Crippen MR) is 78.0 cm³/mol. The van der Waals surface area contributed by atoms with Crippen molar-refractivity contribution in [1.29, 1.82) is 0 Å². The van der Waals surface area contributed by atoms with Crippen LogP contribution in [0, 0.1) is 0 Å². The Hall–Kier alpha value is -0.310. The Balaban J connectivity index is 2.40. The number of halogens is 5. The van der Waals surface area contributed by atoms with E-state index < -0.39 is 0 Å². The molecule has 0 radical (unpaired) electrons. The Labute approximate surface area is 129 Å². The third-order valence-corrected chi connectivity index (χ3v) is 3.24. The van der Waals surface area contributed by atoms with Crippen LogP contribution in [0.25, 0.3) is 0 Å². The molecule has 2 aromatic rings. The maximum Gasteiger partial charge on any atom is 0.164 e. The summed E-state index contributed by atoms with van der Waals surface area (Å²) < 4.78 is 5.57. The van der Waals surface area contributed by atoms with Crippen molar-refractivity contribution in [3.05, 3.63) is 55.4 Å². The van der Waals surface area contributed by atoms with Crippen LogP contribution < -0.4 is 4.74 Å². The summed E-state index contributed by atoms with van der Waals surface area (Å²) in [5, 5.41) is 1.96. The summed E-state index contributed by atoms with van der Waals surface area (Å²) in [6.45, 7) is 0. The molecule has 0 saturated heterocycles. The van der Waals surface area contributed by atoms with Gasteiger partial charge in [-0.2, -0.15) is 0 Å². The molecule has 18 heavy (non-hydrogen) atoms. The molecule has 0 aliphatic heterocycles.